The summed E-state index contributed by atoms with van der Waals surface area (Å²) in [5.41, 5.74) is 1.26. The zero-order chi connectivity index (χ0) is 21.1. The molecule has 0 spiro atoms. The summed E-state index contributed by atoms with van der Waals surface area (Å²) in [5, 5.41) is 0. The molecule has 0 atom stereocenters. The van der Waals surface area contributed by atoms with Gasteiger partial charge in [-0.05, 0) is 48.7 Å². The van der Waals surface area contributed by atoms with Crippen LogP contribution in [0.4, 0.5) is 0 Å². The number of rotatable bonds is 5. The van der Waals surface area contributed by atoms with Gasteiger partial charge in [0.1, 0.15) is 13.2 Å². The SMILES string of the molecule is CN(Cc1ccc2c(c1)OCCO2)C(=O)c1cccc(S(=O)(=O)N2CCCCC2)c1. The summed E-state index contributed by atoms with van der Waals surface area (Å²) in [6.45, 7) is 2.47. The third-order valence-corrected chi connectivity index (χ3v) is 7.30. The molecule has 160 valence electrons. The Balaban J connectivity index is 1.50. The maximum atomic E-state index is 13.0. The number of carbonyl (C=O) groups is 1. The zero-order valence-corrected chi connectivity index (χ0v) is 17.9. The van der Waals surface area contributed by atoms with E-state index in [-0.39, 0.29) is 10.8 Å². The third-order valence-electron chi connectivity index (χ3n) is 5.41. The first-order valence-electron chi connectivity index (χ1n) is 10.2. The Bertz CT molecular complexity index is 1030. The highest BCUT2D eigenvalue weighted by molar-refractivity contribution is 7.89. The van der Waals surface area contributed by atoms with Gasteiger partial charge in [-0.2, -0.15) is 4.31 Å². The molecular weight excluding hydrogens is 404 g/mol. The fraction of sp³-hybridized carbons (Fsp3) is 0.409. The minimum Gasteiger partial charge on any atom is -0.486 e. The molecule has 2 aliphatic rings. The number of ether oxygens (including phenoxy) is 2. The largest absolute Gasteiger partial charge is 0.486 e. The summed E-state index contributed by atoms with van der Waals surface area (Å²) in [7, 11) is -1.88. The minimum atomic E-state index is -3.58. The molecule has 0 aromatic heterocycles. The highest BCUT2D eigenvalue weighted by atomic mass is 32.2. The molecule has 1 amide bonds. The third kappa shape index (κ3) is 4.29. The number of hydrogen-bond acceptors (Lipinski definition) is 5. The van der Waals surface area contributed by atoms with Crippen LogP contribution in [0.5, 0.6) is 11.5 Å². The van der Waals surface area contributed by atoms with Gasteiger partial charge in [0.15, 0.2) is 11.5 Å². The van der Waals surface area contributed by atoms with Crippen LogP contribution in [-0.2, 0) is 16.6 Å². The van der Waals surface area contributed by atoms with Crippen LogP contribution in [0.25, 0.3) is 0 Å². The first-order valence-corrected chi connectivity index (χ1v) is 11.6. The molecule has 30 heavy (non-hydrogen) atoms. The second-order valence-electron chi connectivity index (χ2n) is 7.63. The van der Waals surface area contributed by atoms with Crippen LogP contribution >= 0.6 is 0 Å². The normalized spacial score (nSPS) is 16.8. The van der Waals surface area contributed by atoms with E-state index < -0.39 is 10.0 Å². The number of nitrogens with zero attached hydrogens (tertiary/aromatic N) is 2. The topological polar surface area (TPSA) is 76.1 Å². The molecule has 0 bridgehead atoms. The predicted octanol–water partition coefficient (Wildman–Crippen LogP) is 2.90. The molecule has 2 heterocycles. The first kappa shape index (κ1) is 20.7. The van der Waals surface area contributed by atoms with Gasteiger partial charge < -0.3 is 14.4 Å². The lowest BCUT2D eigenvalue weighted by Gasteiger charge is -2.26. The van der Waals surface area contributed by atoms with Crippen molar-refractivity contribution in [3.05, 3.63) is 53.6 Å². The average Bonchev–Trinajstić information content (AvgIpc) is 2.79. The van der Waals surface area contributed by atoms with Gasteiger partial charge in [0.2, 0.25) is 10.0 Å². The predicted molar refractivity (Wildman–Crippen MR) is 112 cm³/mol. The highest BCUT2D eigenvalue weighted by Gasteiger charge is 2.27. The second kappa shape index (κ2) is 8.65. The van der Waals surface area contributed by atoms with Crippen LogP contribution in [0.1, 0.15) is 35.2 Å². The van der Waals surface area contributed by atoms with Crippen molar-refractivity contribution in [1.82, 2.24) is 9.21 Å². The van der Waals surface area contributed by atoms with Crippen LogP contribution < -0.4 is 9.47 Å². The van der Waals surface area contributed by atoms with Crippen molar-refractivity contribution >= 4 is 15.9 Å². The standard InChI is InChI=1S/C22H26N2O5S/c1-23(16-17-8-9-20-21(14-17)29-13-12-28-20)22(25)18-6-5-7-19(15-18)30(26,27)24-10-3-2-4-11-24/h5-9,14-15H,2-4,10-13,16H2,1H3. The molecule has 1 fully saturated rings. The van der Waals surface area contributed by atoms with Crippen molar-refractivity contribution in [2.24, 2.45) is 0 Å². The quantitative estimate of drug-likeness (QED) is 0.729. The Morgan fingerprint density at radius 1 is 1.00 bits per heavy atom. The van der Waals surface area contributed by atoms with E-state index in [0.29, 0.717) is 49.9 Å². The second-order valence-corrected chi connectivity index (χ2v) is 9.57. The van der Waals surface area contributed by atoms with Gasteiger partial charge >= 0.3 is 0 Å². The van der Waals surface area contributed by atoms with E-state index >= 15 is 0 Å². The zero-order valence-electron chi connectivity index (χ0n) is 17.0. The Morgan fingerprint density at radius 3 is 2.50 bits per heavy atom. The van der Waals surface area contributed by atoms with E-state index in [1.165, 1.54) is 10.4 Å². The van der Waals surface area contributed by atoms with Gasteiger partial charge in [-0.1, -0.05) is 18.6 Å². The van der Waals surface area contributed by atoms with E-state index in [4.69, 9.17) is 9.47 Å². The van der Waals surface area contributed by atoms with Crippen molar-refractivity contribution in [1.29, 1.82) is 0 Å². The maximum absolute atomic E-state index is 13.0. The molecule has 0 saturated carbocycles. The van der Waals surface area contributed by atoms with E-state index in [0.717, 1.165) is 24.8 Å². The van der Waals surface area contributed by atoms with Gasteiger partial charge in [-0.25, -0.2) is 8.42 Å². The number of sulfonamides is 1. The molecule has 2 aliphatic heterocycles. The van der Waals surface area contributed by atoms with E-state index in [9.17, 15) is 13.2 Å². The number of carbonyl (C=O) groups excluding carboxylic acids is 1. The fourth-order valence-electron chi connectivity index (χ4n) is 3.80. The van der Waals surface area contributed by atoms with E-state index in [1.807, 2.05) is 18.2 Å². The molecule has 2 aromatic rings. The van der Waals surface area contributed by atoms with Crippen molar-refractivity contribution in [3.63, 3.8) is 0 Å². The summed E-state index contributed by atoms with van der Waals surface area (Å²) in [6.07, 6.45) is 2.79. The smallest absolute Gasteiger partial charge is 0.253 e. The van der Waals surface area contributed by atoms with Gasteiger partial charge in [-0.3, -0.25) is 4.79 Å². The van der Waals surface area contributed by atoms with Crippen molar-refractivity contribution < 1.29 is 22.7 Å². The number of hydrogen-bond donors (Lipinski definition) is 0. The molecule has 0 N–H and O–H groups in total. The number of benzene rings is 2. The monoisotopic (exact) mass is 430 g/mol. The number of fused-ring (bicyclic) bond motifs is 1. The lowest BCUT2D eigenvalue weighted by Crippen LogP contribution is -2.35. The molecule has 0 aliphatic carbocycles. The summed E-state index contributed by atoms with van der Waals surface area (Å²) in [4.78, 5) is 14.7. The molecule has 8 heteroatoms. The Morgan fingerprint density at radius 2 is 1.73 bits per heavy atom. The van der Waals surface area contributed by atoms with Crippen LogP contribution in [-0.4, -0.2) is 56.9 Å². The van der Waals surface area contributed by atoms with Crippen LogP contribution in [0, 0.1) is 0 Å². The highest BCUT2D eigenvalue weighted by Crippen LogP contribution is 2.31. The lowest BCUT2D eigenvalue weighted by atomic mass is 10.1. The lowest BCUT2D eigenvalue weighted by molar-refractivity contribution is 0.0784. The summed E-state index contributed by atoms with van der Waals surface area (Å²) in [5.74, 6) is 1.14. The summed E-state index contributed by atoms with van der Waals surface area (Å²) >= 11 is 0. The van der Waals surface area contributed by atoms with Crippen molar-refractivity contribution in [2.45, 2.75) is 30.7 Å². The van der Waals surface area contributed by atoms with Gasteiger partial charge in [0.25, 0.3) is 5.91 Å². The Kier molecular flexibility index (Phi) is 5.97. The minimum absolute atomic E-state index is 0.169. The first-order chi connectivity index (χ1) is 14.4. The molecule has 1 saturated heterocycles. The average molecular weight is 431 g/mol. The van der Waals surface area contributed by atoms with Crippen molar-refractivity contribution in [3.8, 4) is 11.5 Å². The molecule has 0 radical (unpaired) electrons. The fourth-order valence-corrected chi connectivity index (χ4v) is 5.36. The van der Waals surface area contributed by atoms with E-state index in [1.54, 1.807) is 30.1 Å². The van der Waals surface area contributed by atoms with Gasteiger partial charge in [-0.15, -0.1) is 0 Å². The summed E-state index contributed by atoms with van der Waals surface area (Å²) in [6, 6.07) is 11.9. The van der Waals surface area contributed by atoms with Gasteiger partial charge in [0.05, 0.1) is 4.90 Å². The molecule has 4 rings (SSSR count). The summed E-state index contributed by atoms with van der Waals surface area (Å²) < 4.78 is 38.5. The Labute approximate surface area is 177 Å². The molecular formula is C22H26N2O5S. The van der Waals surface area contributed by atoms with Crippen molar-refractivity contribution in [2.75, 3.05) is 33.4 Å². The molecule has 2 aromatic carbocycles. The number of amides is 1. The maximum Gasteiger partial charge on any atom is 0.253 e. The van der Waals surface area contributed by atoms with E-state index in [2.05, 4.69) is 0 Å². The van der Waals surface area contributed by atoms with Crippen LogP contribution in [0.3, 0.4) is 0 Å². The van der Waals surface area contributed by atoms with Crippen LogP contribution in [0.15, 0.2) is 47.4 Å². The molecule has 0 unspecified atom stereocenters. The van der Waals surface area contributed by atoms with Crippen LogP contribution in [0.2, 0.25) is 0 Å². The number of piperidine rings is 1. The van der Waals surface area contributed by atoms with Gasteiger partial charge in [0, 0.05) is 32.2 Å². The molecule has 7 nitrogen and oxygen atoms in total. The Hall–Kier alpha value is -2.58.